The van der Waals surface area contributed by atoms with Crippen LogP contribution in [0, 0.1) is 5.92 Å². The largest absolute Gasteiger partial charge is 0.299 e. The van der Waals surface area contributed by atoms with E-state index in [1.54, 1.807) is 6.07 Å². The number of hydrazine groups is 1. The number of nitrogens with zero attached hydrogens (tertiary/aromatic N) is 1. The molecule has 112 valence electrons. The van der Waals surface area contributed by atoms with E-state index in [1.165, 1.54) is 11.9 Å². The molecule has 2 aromatic rings. The summed E-state index contributed by atoms with van der Waals surface area (Å²) in [5.41, 5.74) is 4.57. The second kappa shape index (κ2) is 5.91. The number of ketones is 1. The molecule has 4 nitrogen and oxygen atoms in total. The summed E-state index contributed by atoms with van der Waals surface area (Å²) in [6.07, 6.45) is 0. The van der Waals surface area contributed by atoms with E-state index in [4.69, 9.17) is 11.6 Å². The molecular weight excluding hydrogens is 300 g/mol. The lowest BCUT2D eigenvalue weighted by molar-refractivity contribution is -0.129. The molecule has 0 spiro atoms. The van der Waals surface area contributed by atoms with Gasteiger partial charge in [0.15, 0.2) is 0 Å². The molecule has 0 aliphatic carbocycles. The first-order valence-electron chi connectivity index (χ1n) is 6.99. The highest BCUT2D eigenvalue weighted by molar-refractivity contribution is 6.31. The maximum Gasteiger partial charge on any atom is 0.253 e. The van der Waals surface area contributed by atoms with Crippen LogP contribution in [-0.2, 0) is 9.59 Å². The summed E-state index contributed by atoms with van der Waals surface area (Å²) in [5.74, 6) is -1.22. The first-order valence-corrected chi connectivity index (χ1v) is 7.37. The molecule has 1 aliphatic rings. The van der Waals surface area contributed by atoms with E-state index in [9.17, 15) is 9.59 Å². The lowest BCUT2D eigenvalue weighted by Crippen LogP contribution is -2.35. The number of para-hydroxylation sites is 1. The van der Waals surface area contributed by atoms with Gasteiger partial charge in [-0.2, -0.15) is 0 Å². The van der Waals surface area contributed by atoms with Crippen molar-refractivity contribution in [3.63, 3.8) is 0 Å². The van der Waals surface area contributed by atoms with Crippen molar-refractivity contribution >= 4 is 29.0 Å². The van der Waals surface area contributed by atoms with Gasteiger partial charge in [-0.25, -0.2) is 10.4 Å². The average molecular weight is 315 g/mol. The summed E-state index contributed by atoms with van der Waals surface area (Å²) >= 11 is 6.23. The van der Waals surface area contributed by atoms with E-state index in [2.05, 4.69) is 5.43 Å². The fourth-order valence-electron chi connectivity index (χ4n) is 2.72. The third-order valence-electron chi connectivity index (χ3n) is 3.78. The topological polar surface area (TPSA) is 49.4 Å². The Morgan fingerprint density at radius 2 is 1.73 bits per heavy atom. The molecule has 1 fully saturated rings. The number of carbonyl (C=O) groups excluding carboxylic acids is 2. The first kappa shape index (κ1) is 14.8. The Hall–Kier alpha value is -2.17. The Morgan fingerprint density at radius 3 is 2.36 bits per heavy atom. The number of hydrogen-bond acceptors (Lipinski definition) is 3. The maximum atomic E-state index is 12.6. The van der Waals surface area contributed by atoms with Gasteiger partial charge in [-0.3, -0.25) is 9.59 Å². The van der Waals surface area contributed by atoms with Crippen LogP contribution in [-0.4, -0.2) is 11.7 Å². The molecule has 2 aromatic carbocycles. The van der Waals surface area contributed by atoms with Crippen LogP contribution in [0.15, 0.2) is 54.6 Å². The predicted octanol–water partition coefficient (Wildman–Crippen LogP) is 3.14. The second-order valence-corrected chi connectivity index (χ2v) is 5.63. The van der Waals surface area contributed by atoms with Crippen LogP contribution in [0.1, 0.15) is 18.5 Å². The van der Waals surface area contributed by atoms with E-state index < -0.39 is 12.0 Å². The lowest BCUT2D eigenvalue weighted by Gasteiger charge is -2.18. The minimum Gasteiger partial charge on any atom is -0.299 e. The average Bonchev–Trinajstić information content (AvgIpc) is 2.86. The highest BCUT2D eigenvalue weighted by atomic mass is 35.5. The van der Waals surface area contributed by atoms with E-state index in [0.717, 1.165) is 5.56 Å². The molecule has 2 atom stereocenters. The van der Waals surface area contributed by atoms with Gasteiger partial charge in [0.05, 0.1) is 11.7 Å². The maximum absolute atomic E-state index is 12.6. The number of benzene rings is 2. The van der Waals surface area contributed by atoms with Gasteiger partial charge in [0.25, 0.3) is 5.91 Å². The van der Waals surface area contributed by atoms with Crippen LogP contribution in [0.2, 0.25) is 5.02 Å². The zero-order valence-electron chi connectivity index (χ0n) is 12.0. The van der Waals surface area contributed by atoms with Crippen LogP contribution in [0.3, 0.4) is 0 Å². The predicted molar refractivity (Wildman–Crippen MR) is 85.4 cm³/mol. The molecule has 1 amide bonds. The van der Waals surface area contributed by atoms with Crippen LogP contribution in [0.25, 0.3) is 0 Å². The van der Waals surface area contributed by atoms with Crippen molar-refractivity contribution in [3.8, 4) is 0 Å². The summed E-state index contributed by atoms with van der Waals surface area (Å²) in [6, 6.07) is 16.0. The van der Waals surface area contributed by atoms with E-state index in [0.29, 0.717) is 10.7 Å². The Bertz CT molecular complexity index is 718. The van der Waals surface area contributed by atoms with Gasteiger partial charge in [-0.1, -0.05) is 48.0 Å². The normalized spacial score (nSPS) is 21.2. The summed E-state index contributed by atoms with van der Waals surface area (Å²) < 4.78 is 0. The number of halogens is 1. The molecule has 0 saturated carbocycles. The Labute approximate surface area is 133 Å². The Morgan fingerprint density at radius 1 is 1.09 bits per heavy atom. The third-order valence-corrected chi connectivity index (χ3v) is 4.12. The zero-order chi connectivity index (χ0) is 15.7. The number of hydrogen-bond donors (Lipinski definition) is 1. The van der Waals surface area contributed by atoms with Crippen molar-refractivity contribution < 1.29 is 9.59 Å². The molecule has 1 heterocycles. The van der Waals surface area contributed by atoms with Crippen LogP contribution >= 0.6 is 11.6 Å². The Balaban J connectivity index is 2.02. The van der Waals surface area contributed by atoms with Crippen molar-refractivity contribution in [1.82, 2.24) is 5.43 Å². The van der Waals surface area contributed by atoms with E-state index in [-0.39, 0.29) is 11.7 Å². The van der Waals surface area contributed by atoms with Crippen molar-refractivity contribution in [2.24, 2.45) is 5.92 Å². The van der Waals surface area contributed by atoms with Gasteiger partial charge in [-0.15, -0.1) is 0 Å². The molecule has 1 N–H and O–H groups in total. The number of carbonyl (C=O) groups is 2. The summed E-state index contributed by atoms with van der Waals surface area (Å²) in [5, 5.41) is 1.97. The molecule has 1 aliphatic heterocycles. The zero-order valence-corrected chi connectivity index (χ0v) is 12.7. The standard InChI is InChI=1S/C17H15ClN2O2/c1-11(21)15-16(13-9-5-6-10-14(13)18)19-20(17(15)22)12-7-3-2-4-8-12/h2-10,15-16,19H,1H3/t15-,16-/m1/s1. The van der Waals surface area contributed by atoms with E-state index in [1.807, 2.05) is 48.5 Å². The van der Waals surface area contributed by atoms with Crippen LogP contribution in [0.5, 0.6) is 0 Å². The highest BCUT2D eigenvalue weighted by Crippen LogP contribution is 2.36. The van der Waals surface area contributed by atoms with Gasteiger partial charge in [0.2, 0.25) is 0 Å². The van der Waals surface area contributed by atoms with Gasteiger partial charge in [0, 0.05) is 5.02 Å². The molecule has 0 bridgehead atoms. The molecule has 0 aromatic heterocycles. The van der Waals surface area contributed by atoms with Crippen molar-refractivity contribution in [1.29, 1.82) is 0 Å². The number of anilines is 1. The summed E-state index contributed by atoms with van der Waals surface area (Å²) in [7, 11) is 0. The smallest absolute Gasteiger partial charge is 0.253 e. The van der Waals surface area contributed by atoms with Crippen LogP contribution in [0.4, 0.5) is 5.69 Å². The molecule has 0 radical (unpaired) electrons. The minimum atomic E-state index is -0.778. The number of nitrogens with one attached hydrogen (secondary N) is 1. The van der Waals surface area contributed by atoms with Crippen molar-refractivity contribution in [2.75, 3.05) is 5.01 Å². The molecule has 3 rings (SSSR count). The van der Waals surface area contributed by atoms with Crippen LogP contribution < -0.4 is 10.4 Å². The molecular formula is C17H15ClN2O2. The number of amides is 1. The molecule has 5 heteroatoms. The van der Waals surface area contributed by atoms with Crippen molar-refractivity contribution in [2.45, 2.75) is 13.0 Å². The highest BCUT2D eigenvalue weighted by Gasteiger charge is 2.45. The lowest BCUT2D eigenvalue weighted by atomic mass is 9.91. The quantitative estimate of drug-likeness (QED) is 0.885. The van der Waals surface area contributed by atoms with E-state index >= 15 is 0 Å². The van der Waals surface area contributed by atoms with Gasteiger partial charge < -0.3 is 0 Å². The summed E-state index contributed by atoms with van der Waals surface area (Å²) in [4.78, 5) is 24.6. The number of Topliss-reactive ketones (excluding diaryl/α,β-unsaturated/α-hetero) is 1. The second-order valence-electron chi connectivity index (χ2n) is 5.23. The first-order chi connectivity index (χ1) is 10.6. The number of rotatable bonds is 3. The molecule has 1 saturated heterocycles. The summed E-state index contributed by atoms with van der Waals surface area (Å²) in [6.45, 7) is 1.43. The van der Waals surface area contributed by atoms with Gasteiger partial charge >= 0.3 is 0 Å². The fourth-order valence-corrected chi connectivity index (χ4v) is 2.98. The SMILES string of the molecule is CC(=O)[C@H]1C(=O)N(c2ccccc2)N[C@@H]1c1ccccc1Cl. The molecule has 22 heavy (non-hydrogen) atoms. The van der Waals surface area contributed by atoms with Gasteiger partial charge in [-0.05, 0) is 30.7 Å². The Kier molecular flexibility index (Phi) is 3.96. The van der Waals surface area contributed by atoms with Gasteiger partial charge in [0.1, 0.15) is 11.7 Å². The minimum absolute atomic E-state index is 0.180. The molecule has 0 unspecified atom stereocenters. The fraction of sp³-hybridized carbons (Fsp3) is 0.176. The van der Waals surface area contributed by atoms with Crippen molar-refractivity contribution in [3.05, 3.63) is 65.2 Å². The third kappa shape index (κ3) is 2.51. The monoisotopic (exact) mass is 314 g/mol.